The van der Waals surface area contributed by atoms with E-state index < -0.39 is 26.7 Å². The van der Waals surface area contributed by atoms with Crippen LogP contribution in [0.1, 0.15) is 38.1 Å². The molecule has 4 rings (SSSR count). The van der Waals surface area contributed by atoms with Crippen molar-refractivity contribution >= 4 is 54.7 Å². The number of anilines is 1. The number of hydrogen-bond acceptors (Lipinski definition) is 9. The second-order valence-electron chi connectivity index (χ2n) is 7.58. The van der Waals surface area contributed by atoms with Crippen LogP contribution in [0.4, 0.5) is 17.1 Å². The van der Waals surface area contributed by atoms with Crippen molar-refractivity contribution in [1.29, 1.82) is 0 Å². The quantitative estimate of drug-likeness (QED) is 0.0965. The third-order valence-corrected chi connectivity index (χ3v) is 5.58. The minimum atomic E-state index is -4.23. The van der Waals surface area contributed by atoms with E-state index >= 15 is 0 Å². The lowest BCUT2D eigenvalue weighted by atomic mass is 10.1. The highest BCUT2D eigenvalue weighted by atomic mass is 32.3. The first-order valence-corrected chi connectivity index (χ1v) is 15.7. The molecule has 1 amide bonds. The second kappa shape index (κ2) is 16.4. The molecule has 0 spiro atoms. The molecule has 0 fully saturated rings. The SMILES string of the molecule is CC.CC.CS(=O)(=O)O.O=C(Nc1cccc2cc(S(O)(O)O)c(N=Nc3ccccc3)c(O)c12)c1ccccc1. The number of fused-ring (bicyclic) bond motifs is 1. The van der Waals surface area contributed by atoms with Crippen molar-refractivity contribution in [2.24, 2.45) is 10.2 Å². The van der Waals surface area contributed by atoms with E-state index in [-0.39, 0.29) is 27.6 Å². The van der Waals surface area contributed by atoms with E-state index in [0.717, 1.165) is 0 Å². The van der Waals surface area contributed by atoms with Crippen molar-refractivity contribution in [2.75, 3.05) is 11.6 Å². The summed E-state index contributed by atoms with van der Waals surface area (Å²) in [4.78, 5) is 12.3. The Hall–Kier alpha value is -3.85. The Balaban J connectivity index is 0.000000831. The number of azo groups is 1. The van der Waals surface area contributed by atoms with Gasteiger partial charge in [-0.3, -0.25) is 9.35 Å². The number of hydrogen-bond donors (Lipinski definition) is 6. The Morgan fingerprint density at radius 2 is 1.27 bits per heavy atom. The molecule has 0 atom stereocenters. The predicted molar refractivity (Wildman–Crippen MR) is 165 cm³/mol. The summed E-state index contributed by atoms with van der Waals surface area (Å²) in [5.74, 6) is -0.851. The first-order valence-electron chi connectivity index (χ1n) is 12.4. The summed E-state index contributed by atoms with van der Waals surface area (Å²) in [6, 6.07) is 23.3. The zero-order chi connectivity index (χ0) is 31.2. The minimum Gasteiger partial charge on any atom is -0.505 e. The third-order valence-electron chi connectivity index (χ3n) is 4.68. The summed E-state index contributed by atoms with van der Waals surface area (Å²) in [6.45, 7) is 8.00. The fraction of sp³-hybridized carbons (Fsp3) is 0.179. The van der Waals surface area contributed by atoms with Gasteiger partial charge in [0.25, 0.3) is 16.0 Å². The number of phenolic OH excluding ortho intramolecular Hbond substituents is 1. The number of carbonyl (C=O) groups is 1. The molecule has 41 heavy (non-hydrogen) atoms. The zero-order valence-electron chi connectivity index (χ0n) is 23.3. The highest BCUT2D eigenvalue weighted by Crippen LogP contribution is 2.55. The zero-order valence-corrected chi connectivity index (χ0v) is 24.9. The number of benzene rings is 4. The maximum atomic E-state index is 12.6. The molecular formula is C28H35N3O8S2. The van der Waals surface area contributed by atoms with E-state index in [4.69, 9.17) is 4.55 Å². The van der Waals surface area contributed by atoms with Gasteiger partial charge in [-0.15, -0.1) is 5.11 Å². The molecule has 0 unspecified atom stereocenters. The van der Waals surface area contributed by atoms with Crippen LogP contribution in [-0.4, -0.2) is 43.9 Å². The topological polar surface area (TPSA) is 189 Å². The van der Waals surface area contributed by atoms with Gasteiger partial charge >= 0.3 is 0 Å². The minimum absolute atomic E-state index is 0.214. The van der Waals surface area contributed by atoms with E-state index in [1.165, 1.54) is 6.07 Å². The molecule has 0 aliphatic heterocycles. The van der Waals surface area contributed by atoms with Gasteiger partial charge in [0.15, 0.2) is 5.75 Å². The van der Waals surface area contributed by atoms with Gasteiger partial charge in [0.05, 0.1) is 22.5 Å². The Kier molecular flexibility index (Phi) is 14.1. The van der Waals surface area contributed by atoms with E-state index in [0.29, 0.717) is 22.9 Å². The van der Waals surface area contributed by atoms with Gasteiger partial charge in [0.2, 0.25) is 0 Å². The van der Waals surface area contributed by atoms with Crippen LogP contribution in [0.5, 0.6) is 5.75 Å². The molecule has 4 aromatic rings. The van der Waals surface area contributed by atoms with Gasteiger partial charge in [-0.2, -0.15) is 13.5 Å². The predicted octanol–water partition coefficient (Wildman–Crippen LogP) is 8.35. The molecule has 222 valence electrons. The molecule has 0 radical (unpaired) electrons. The lowest BCUT2D eigenvalue weighted by molar-refractivity contribution is 0.102. The lowest BCUT2D eigenvalue weighted by Crippen LogP contribution is -2.12. The molecule has 6 N–H and O–H groups in total. The maximum absolute atomic E-state index is 12.6. The molecule has 0 bridgehead atoms. The average Bonchev–Trinajstić information content (AvgIpc) is 2.94. The number of phenols is 1. The summed E-state index contributed by atoms with van der Waals surface area (Å²) < 4.78 is 55.6. The monoisotopic (exact) mass is 605 g/mol. The molecule has 0 heterocycles. The van der Waals surface area contributed by atoms with Gasteiger partial charge in [-0.25, -0.2) is 0 Å². The summed E-state index contributed by atoms with van der Waals surface area (Å²) in [5, 5.41) is 22.3. The van der Waals surface area contributed by atoms with Crippen molar-refractivity contribution in [3.63, 3.8) is 0 Å². The van der Waals surface area contributed by atoms with Gasteiger partial charge in [0.1, 0.15) is 16.6 Å². The smallest absolute Gasteiger partial charge is 0.261 e. The Morgan fingerprint density at radius 3 is 1.78 bits per heavy atom. The number of nitrogens with one attached hydrogen (secondary N) is 1. The standard InChI is InChI=1S/C23H19N3O5S.2C2H6.CH4O3S/c27-22-20-16(10-7-13-18(20)24-23(28)15-8-3-1-4-9-15)14-19(32(29,30)31)21(22)26-25-17-11-5-2-6-12-17;2*1-2;1-5(2,3)4/h1-14,27,29-31H,(H,24,28);2*1-2H3;1H3,(H,2,3,4). The molecule has 0 aliphatic carbocycles. The highest BCUT2D eigenvalue weighted by Gasteiger charge is 2.26. The number of amides is 1. The molecule has 4 aromatic carbocycles. The van der Waals surface area contributed by atoms with Gasteiger partial charge in [-0.05, 0) is 41.8 Å². The summed E-state index contributed by atoms with van der Waals surface area (Å²) in [7, 11) is -7.90. The van der Waals surface area contributed by atoms with E-state index in [1.807, 2.05) is 27.7 Å². The normalized spacial score (nSPS) is 11.2. The van der Waals surface area contributed by atoms with Crippen molar-refractivity contribution in [3.05, 3.63) is 90.5 Å². The van der Waals surface area contributed by atoms with Crippen LogP contribution in [0, 0.1) is 0 Å². The molecule has 0 saturated carbocycles. The van der Waals surface area contributed by atoms with Gasteiger partial charge in [0, 0.05) is 10.9 Å². The maximum Gasteiger partial charge on any atom is 0.261 e. The fourth-order valence-corrected chi connectivity index (χ4v) is 3.88. The van der Waals surface area contributed by atoms with Crippen molar-refractivity contribution < 1.29 is 36.5 Å². The third kappa shape index (κ3) is 11.3. The van der Waals surface area contributed by atoms with Crippen LogP contribution < -0.4 is 5.32 Å². The number of aromatic hydroxyl groups is 1. The molecule has 0 aromatic heterocycles. The van der Waals surface area contributed by atoms with E-state index in [2.05, 4.69) is 15.5 Å². The lowest BCUT2D eigenvalue weighted by Gasteiger charge is -2.22. The first-order chi connectivity index (χ1) is 19.3. The van der Waals surface area contributed by atoms with Crippen LogP contribution in [0.25, 0.3) is 10.8 Å². The molecular weight excluding hydrogens is 570 g/mol. The van der Waals surface area contributed by atoms with Crippen molar-refractivity contribution in [3.8, 4) is 5.75 Å². The van der Waals surface area contributed by atoms with Gasteiger partial charge in [-0.1, -0.05) is 76.2 Å². The van der Waals surface area contributed by atoms with Crippen LogP contribution in [0.2, 0.25) is 0 Å². The molecule has 11 nitrogen and oxygen atoms in total. The number of nitrogens with zero attached hydrogens (tertiary/aromatic N) is 2. The average molecular weight is 606 g/mol. The van der Waals surface area contributed by atoms with Crippen LogP contribution in [-0.2, 0) is 10.1 Å². The van der Waals surface area contributed by atoms with E-state index in [1.54, 1.807) is 78.9 Å². The van der Waals surface area contributed by atoms with Crippen molar-refractivity contribution in [1.82, 2.24) is 0 Å². The van der Waals surface area contributed by atoms with Crippen LogP contribution in [0.3, 0.4) is 0 Å². The molecule has 0 aliphatic rings. The number of rotatable bonds is 5. The van der Waals surface area contributed by atoms with Gasteiger partial charge < -0.3 is 24.1 Å². The summed E-state index contributed by atoms with van der Waals surface area (Å²) in [5.41, 5.74) is 0.850. The summed E-state index contributed by atoms with van der Waals surface area (Å²) in [6.07, 6.45) is 0.715. The number of carbonyl (C=O) groups excluding carboxylic acids is 1. The summed E-state index contributed by atoms with van der Waals surface area (Å²) >= 11 is 0. The second-order valence-corrected chi connectivity index (χ2v) is 10.5. The van der Waals surface area contributed by atoms with Crippen molar-refractivity contribution in [2.45, 2.75) is 32.6 Å². The highest BCUT2D eigenvalue weighted by molar-refractivity contribution is 8.19. The largest absolute Gasteiger partial charge is 0.505 e. The first kappa shape index (κ1) is 35.2. The molecule has 13 heteroatoms. The Bertz CT molecular complexity index is 1530. The van der Waals surface area contributed by atoms with Crippen LogP contribution >= 0.6 is 10.9 Å². The van der Waals surface area contributed by atoms with E-state index in [9.17, 15) is 32.0 Å². The van der Waals surface area contributed by atoms with Crippen LogP contribution in [0.15, 0.2) is 100 Å². The Morgan fingerprint density at radius 1 is 0.756 bits per heavy atom. The molecule has 0 saturated heterocycles. The Labute approximate surface area is 241 Å². The fourth-order valence-electron chi connectivity index (χ4n) is 3.20.